The molecule has 0 atom stereocenters. The molecule has 1 aromatic rings. The molecule has 82 valence electrons. The highest BCUT2D eigenvalue weighted by Crippen LogP contribution is 2.45. The Morgan fingerprint density at radius 1 is 1.62 bits per heavy atom. The number of carboxylic acids is 1. The van der Waals surface area contributed by atoms with Crippen LogP contribution in [0.1, 0.15) is 18.5 Å². The first kappa shape index (κ1) is 10.4. The lowest BCUT2D eigenvalue weighted by Gasteiger charge is -2.11. The number of nitriles is 1. The summed E-state index contributed by atoms with van der Waals surface area (Å²) in [5, 5.41) is 20.6. The second-order valence-corrected chi connectivity index (χ2v) is 3.98. The summed E-state index contributed by atoms with van der Waals surface area (Å²) in [6, 6.07) is 5.25. The summed E-state index contributed by atoms with van der Waals surface area (Å²) in [6.45, 7) is 0.413. The van der Waals surface area contributed by atoms with Crippen molar-refractivity contribution in [3.05, 3.63) is 24.0 Å². The van der Waals surface area contributed by atoms with Gasteiger partial charge in [-0.25, -0.2) is 4.98 Å². The van der Waals surface area contributed by atoms with Gasteiger partial charge in [0, 0.05) is 6.54 Å². The molecule has 5 nitrogen and oxygen atoms in total. The van der Waals surface area contributed by atoms with Crippen molar-refractivity contribution in [3.63, 3.8) is 0 Å². The van der Waals surface area contributed by atoms with Gasteiger partial charge in [0.15, 0.2) is 0 Å². The van der Waals surface area contributed by atoms with E-state index in [9.17, 15) is 4.79 Å². The van der Waals surface area contributed by atoms with Crippen molar-refractivity contribution in [2.75, 3.05) is 11.9 Å². The first-order chi connectivity index (χ1) is 7.66. The third kappa shape index (κ3) is 1.96. The summed E-state index contributed by atoms with van der Waals surface area (Å²) in [4.78, 5) is 14.8. The molecule has 1 fully saturated rings. The van der Waals surface area contributed by atoms with Gasteiger partial charge >= 0.3 is 5.97 Å². The molecule has 0 aromatic carbocycles. The minimum atomic E-state index is -0.749. The number of hydrogen-bond donors (Lipinski definition) is 2. The van der Waals surface area contributed by atoms with Crippen molar-refractivity contribution >= 4 is 11.7 Å². The molecule has 1 aliphatic rings. The van der Waals surface area contributed by atoms with Gasteiger partial charge in [0.05, 0.1) is 17.3 Å². The van der Waals surface area contributed by atoms with E-state index in [0.29, 0.717) is 12.2 Å². The van der Waals surface area contributed by atoms with Crippen molar-refractivity contribution in [1.82, 2.24) is 4.98 Å². The van der Waals surface area contributed by atoms with E-state index in [1.807, 2.05) is 6.07 Å². The Balaban J connectivity index is 1.95. The van der Waals surface area contributed by atoms with Crippen LogP contribution in [0.25, 0.3) is 0 Å². The molecule has 0 aliphatic heterocycles. The van der Waals surface area contributed by atoms with E-state index in [4.69, 9.17) is 10.4 Å². The smallest absolute Gasteiger partial charge is 0.311 e. The van der Waals surface area contributed by atoms with E-state index < -0.39 is 11.4 Å². The normalized spacial score (nSPS) is 16.2. The molecule has 1 aliphatic carbocycles. The van der Waals surface area contributed by atoms with Crippen LogP contribution in [0.2, 0.25) is 0 Å². The Bertz CT molecular complexity index is 443. The quantitative estimate of drug-likeness (QED) is 0.792. The number of nitrogens with zero attached hydrogens (tertiary/aromatic N) is 2. The molecule has 0 unspecified atom stereocenters. The van der Waals surface area contributed by atoms with E-state index in [1.165, 1.54) is 6.20 Å². The highest BCUT2D eigenvalue weighted by atomic mass is 16.4. The van der Waals surface area contributed by atoms with Crippen LogP contribution in [0.4, 0.5) is 5.69 Å². The molecule has 16 heavy (non-hydrogen) atoms. The minimum absolute atomic E-state index is 0.352. The Morgan fingerprint density at radius 3 is 2.81 bits per heavy atom. The van der Waals surface area contributed by atoms with Gasteiger partial charge in [-0.3, -0.25) is 4.79 Å². The fraction of sp³-hybridized carbons (Fsp3) is 0.364. The predicted octanol–water partition coefficient (Wildman–Crippen LogP) is 1.23. The summed E-state index contributed by atoms with van der Waals surface area (Å²) in [6.07, 6.45) is 2.98. The summed E-state index contributed by atoms with van der Waals surface area (Å²) in [7, 11) is 0. The fourth-order valence-corrected chi connectivity index (χ4v) is 1.45. The number of pyridine rings is 1. The van der Waals surface area contributed by atoms with Crippen molar-refractivity contribution in [1.29, 1.82) is 5.26 Å². The van der Waals surface area contributed by atoms with E-state index >= 15 is 0 Å². The fourth-order valence-electron chi connectivity index (χ4n) is 1.45. The minimum Gasteiger partial charge on any atom is -0.481 e. The van der Waals surface area contributed by atoms with E-state index in [1.54, 1.807) is 12.1 Å². The van der Waals surface area contributed by atoms with Crippen molar-refractivity contribution in [2.45, 2.75) is 12.8 Å². The van der Waals surface area contributed by atoms with Gasteiger partial charge in [-0.05, 0) is 25.0 Å². The van der Waals surface area contributed by atoms with E-state index in [-0.39, 0.29) is 0 Å². The number of aromatic nitrogens is 1. The number of aliphatic carboxylic acids is 1. The second kappa shape index (κ2) is 3.81. The zero-order valence-electron chi connectivity index (χ0n) is 8.60. The van der Waals surface area contributed by atoms with Crippen molar-refractivity contribution in [3.8, 4) is 6.07 Å². The zero-order chi connectivity index (χ0) is 11.6. The van der Waals surface area contributed by atoms with Crippen LogP contribution < -0.4 is 5.32 Å². The third-order valence-corrected chi connectivity index (χ3v) is 2.82. The molecule has 1 aromatic heterocycles. The Morgan fingerprint density at radius 2 is 2.38 bits per heavy atom. The first-order valence-corrected chi connectivity index (χ1v) is 5.00. The monoisotopic (exact) mass is 217 g/mol. The van der Waals surface area contributed by atoms with Gasteiger partial charge in [-0.2, -0.15) is 5.26 Å². The number of carbonyl (C=O) groups is 1. The molecule has 5 heteroatoms. The number of carboxylic acid groups (broad SMARTS) is 1. The zero-order valence-corrected chi connectivity index (χ0v) is 8.60. The molecular weight excluding hydrogens is 206 g/mol. The highest BCUT2D eigenvalue weighted by Gasteiger charge is 2.49. The maximum absolute atomic E-state index is 10.9. The molecule has 1 heterocycles. The summed E-state index contributed by atoms with van der Waals surface area (Å²) >= 11 is 0. The maximum atomic E-state index is 10.9. The highest BCUT2D eigenvalue weighted by molar-refractivity contribution is 5.78. The van der Waals surface area contributed by atoms with Gasteiger partial charge in [0.25, 0.3) is 0 Å². The summed E-state index contributed by atoms with van der Waals surface area (Å²) in [5.41, 5.74) is 0.505. The van der Waals surface area contributed by atoms with Crippen LogP contribution in [0.5, 0.6) is 0 Å². The Labute approximate surface area is 92.7 Å². The molecule has 0 amide bonds. The molecule has 0 radical (unpaired) electrons. The summed E-state index contributed by atoms with van der Waals surface area (Å²) < 4.78 is 0. The lowest BCUT2D eigenvalue weighted by atomic mass is 10.1. The van der Waals surface area contributed by atoms with Gasteiger partial charge in [0.2, 0.25) is 0 Å². The first-order valence-electron chi connectivity index (χ1n) is 5.00. The average Bonchev–Trinajstić information content (AvgIpc) is 3.08. The maximum Gasteiger partial charge on any atom is 0.311 e. The molecule has 0 saturated heterocycles. The Kier molecular flexibility index (Phi) is 2.49. The van der Waals surface area contributed by atoms with Crippen LogP contribution in [0.3, 0.4) is 0 Å². The van der Waals surface area contributed by atoms with Crippen LogP contribution in [0.15, 0.2) is 18.3 Å². The SMILES string of the molecule is N#Cc1ccc(NCC2(C(=O)O)CC2)cn1. The van der Waals surface area contributed by atoms with Crippen LogP contribution in [-0.4, -0.2) is 22.6 Å². The molecule has 0 spiro atoms. The van der Waals surface area contributed by atoms with Crippen molar-refractivity contribution < 1.29 is 9.90 Å². The van der Waals surface area contributed by atoms with Crippen LogP contribution >= 0.6 is 0 Å². The lowest BCUT2D eigenvalue weighted by molar-refractivity contribution is -0.142. The molecular formula is C11H11N3O2. The van der Waals surface area contributed by atoms with E-state index in [0.717, 1.165) is 18.5 Å². The van der Waals surface area contributed by atoms with Gasteiger partial charge in [-0.15, -0.1) is 0 Å². The van der Waals surface area contributed by atoms with Gasteiger partial charge in [0.1, 0.15) is 11.8 Å². The standard InChI is InChI=1S/C11H11N3O2/c12-5-8-1-2-9(6-13-8)14-7-11(3-4-11)10(15)16/h1-2,6,14H,3-4,7H2,(H,15,16). The molecule has 2 N–H and O–H groups in total. The second-order valence-electron chi connectivity index (χ2n) is 3.98. The largest absolute Gasteiger partial charge is 0.481 e. The third-order valence-electron chi connectivity index (χ3n) is 2.82. The number of anilines is 1. The van der Waals surface area contributed by atoms with E-state index in [2.05, 4.69) is 10.3 Å². The van der Waals surface area contributed by atoms with Gasteiger partial charge in [-0.1, -0.05) is 0 Å². The molecule has 0 bridgehead atoms. The van der Waals surface area contributed by atoms with Crippen LogP contribution in [-0.2, 0) is 4.79 Å². The number of rotatable bonds is 4. The lowest BCUT2D eigenvalue weighted by Crippen LogP contribution is -2.24. The number of nitrogens with one attached hydrogen (secondary N) is 1. The molecule has 1 saturated carbocycles. The number of hydrogen-bond acceptors (Lipinski definition) is 4. The molecule has 2 rings (SSSR count). The van der Waals surface area contributed by atoms with Crippen LogP contribution in [0, 0.1) is 16.7 Å². The average molecular weight is 217 g/mol. The topological polar surface area (TPSA) is 86.0 Å². The Hall–Kier alpha value is -2.09. The van der Waals surface area contributed by atoms with Gasteiger partial charge < -0.3 is 10.4 Å². The van der Waals surface area contributed by atoms with Crippen molar-refractivity contribution in [2.24, 2.45) is 5.41 Å². The predicted molar refractivity (Wildman–Crippen MR) is 56.7 cm³/mol. The summed E-state index contributed by atoms with van der Waals surface area (Å²) in [5.74, 6) is -0.749.